The lowest BCUT2D eigenvalue weighted by Crippen LogP contribution is -2.43. The molecule has 3 rings (SSSR count). The zero-order chi connectivity index (χ0) is 17.3. The van der Waals surface area contributed by atoms with E-state index in [1.165, 1.54) is 0 Å². The van der Waals surface area contributed by atoms with Crippen LogP contribution < -0.4 is 4.74 Å². The van der Waals surface area contributed by atoms with Crippen molar-refractivity contribution in [1.82, 2.24) is 4.90 Å². The minimum atomic E-state index is -0.842. The van der Waals surface area contributed by atoms with E-state index in [2.05, 4.69) is 15.9 Å². The van der Waals surface area contributed by atoms with Gasteiger partial charge in [-0.15, -0.1) is 0 Å². The molecule has 0 spiro atoms. The van der Waals surface area contributed by atoms with Crippen molar-refractivity contribution in [3.8, 4) is 5.75 Å². The van der Waals surface area contributed by atoms with Crippen molar-refractivity contribution >= 4 is 27.8 Å². The van der Waals surface area contributed by atoms with Crippen molar-refractivity contribution in [2.45, 2.75) is 44.6 Å². The molecular weight excluding hydrogens is 374 g/mol. The molecule has 2 aliphatic rings. The average molecular weight is 396 g/mol. The first-order chi connectivity index (χ1) is 11.5. The number of carbonyl (C=O) groups excluding carboxylic acids is 1. The van der Waals surface area contributed by atoms with Crippen LogP contribution in [0.5, 0.6) is 5.75 Å². The molecule has 1 unspecified atom stereocenters. The quantitative estimate of drug-likeness (QED) is 0.823. The molecule has 1 aromatic rings. The summed E-state index contributed by atoms with van der Waals surface area (Å²) in [5.74, 6) is -0.126. The molecule has 0 radical (unpaired) electrons. The fraction of sp³-hybridized carbons (Fsp3) is 0.556. The van der Waals surface area contributed by atoms with E-state index in [0.29, 0.717) is 19.4 Å². The number of aliphatic carboxylic acids is 1. The second kappa shape index (κ2) is 6.75. The highest BCUT2D eigenvalue weighted by molar-refractivity contribution is 9.10. The third-order valence-electron chi connectivity index (χ3n) is 5.38. The van der Waals surface area contributed by atoms with Gasteiger partial charge in [0, 0.05) is 23.0 Å². The van der Waals surface area contributed by atoms with E-state index < -0.39 is 11.4 Å². The Hall–Kier alpha value is -1.56. The number of amides is 1. The van der Waals surface area contributed by atoms with Crippen molar-refractivity contribution in [3.05, 3.63) is 28.2 Å². The van der Waals surface area contributed by atoms with Crippen LogP contribution >= 0.6 is 15.9 Å². The SMILES string of the molecule is COc1ccc(Br)cc1C1CCCN1C(=O)CC1(C(=O)O)CCC1. The number of carboxylic acids is 1. The van der Waals surface area contributed by atoms with Gasteiger partial charge in [-0.3, -0.25) is 9.59 Å². The lowest BCUT2D eigenvalue weighted by atomic mass is 9.66. The van der Waals surface area contributed by atoms with Crippen LogP contribution in [-0.4, -0.2) is 35.5 Å². The van der Waals surface area contributed by atoms with E-state index in [9.17, 15) is 14.7 Å². The van der Waals surface area contributed by atoms with Crippen LogP contribution in [0.4, 0.5) is 0 Å². The number of nitrogens with zero attached hydrogens (tertiary/aromatic N) is 1. The Balaban J connectivity index is 1.82. The summed E-state index contributed by atoms with van der Waals surface area (Å²) in [4.78, 5) is 26.2. The van der Waals surface area contributed by atoms with Gasteiger partial charge in [0.15, 0.2) is 0 Å². The summed E-state index contributed by atoms with van der Waals surface area (Å²) in [5.41, 5.74) is 0.140. The lowest BCUT2D eigenvalue weighted by molar-refractivity contribution is -0.159. The number of hydrogen-bond acceptors (Lipinski definition) is 3. The van der Waals surface area contributed by atoms with E-state index in [1.54, 1.807) is 7.11 Å². The number of ether oxygens (including phenoxy) is 1. The van der Waals surface area contributed by atoms with Gasteiger partial charge in [0.25, 0.3) is 0 Å². The van der Waals surface area contributed by atoms with Crippen molar-refractivity contribution < 1.29 is 19.4 Å². The summed E-state index contributed by atoms with van der Waals surface area (Å²) in [6.07, 6.45) is 4.00. The number of methoxy groups -OCH3 is 1. The van der Waals surface area contributed by atoms with Gasteiger partial charge >= 0.3 is 5.97 Å². The molecular formula is C18H22BrNO4. The molecule has 1 N–H and O–H groups in total. The molecule has 1 heterocycles. The molecule has 1 atom stereocenters. The molecule has 2 fully saturated rings. The summed E-state index contributed by atoms with van der Waals surface area (Å²) in [6, 6.07) is 5.75. The summed E-state index contributed by atoms with van der Waals surface area (Å²) in [5, 5.41) is 9.48. The van der Waals surface area contributed by atoms with E-state index >= 15 is 0 Å². The van der Waals surface area contributed by atoms with Gasteiger partial charge in [-0.1, -0.05) is 22.4 Å². The number of carboxylic acid groups (broad SMARTS) is 1. The Morgan fingerprint density at radius 2 is 2.12 bits per heavy atom. The molecule has 24 heavy (non-hydrogen) atoms. The van der Waals surface area contributed by atoms with Crippen LogP contribution in [0.3, 0.4) is 0 Å². The first kappa shape index (κ1) is 17.3. The molecule has 1 aliphatic carbocycles. The van der Waals surface area contributed by atoms with Gasteiger partial charge in [0.2, 0.25) is 5.91 Å². The normalized spacial score (nSPS) is 22.1. The maximum Gasteiger partial charge on any atom is 0.310 e. The molecule has 5 nitrogen and oxygen atoms in total. The Morgan fingerprint density at radius 1 is 1.38 bits per heavy atom. The predicted octanol–water partition coefficient (Wildman–Crippen LogP) is 3.77. The van der Waals surface area contributed by atoms with Crippen molar-refractivity contribution in [3.63, 3.8) is 0 Å². The Bertz CT molecular complexity index is 656. The standard InChI is InChI=1S/C18H22BrNO4/c1-24-15-6-5-12(19)10-13(15)14-4-2-9-20(14)16(21)11-18(17(22)23)7-3-8-18/h5-6,10,14H,2-4,7-9,11H2,1H3,(H,22,23). The van der Waals surface area contributed by atoms with E-state index in [4.69, 9.17) is 4.74 Å². The highest BCUT2D eigenvalue weighted by Crippen LogP contribution is 2.46. The molecule has 0 aromatic heterocycles. The van der Waals surface area contributed by atoms with Gasteiger partial charge in [-0.25, -0.2) is 0 Å². The number of carbonyl (C=O) groups is 2. The average Bonchev–Trinajstić information content (AvgIpc) is 2.99. The van der Waals surface area contributed by atoms with Crippen LogP contribution in [-0.2, 0) is 9.59 Å². The second-order valence-corrected chi connectivity index (χ2v) is 7.66. The fourth-order valence-corrected chi connectivity index (χ4v) is 4.19. The molecule has 0 bridgehead atoms. The third kappa shape index (κ3) is 3.04. The highest BCUT2D eigenvalue weighted by atomic mass is 79.9. The van der Waals surface area contributed by atoms with Crippen LogP contribution in [0.1, 0.15) is 50.1 Å². The third-order valence-corrected chi connectivity index (χ3v) is 5.87. The number of halogens is 1. The van der Waals surface area contributed by atoms with Gasteiger partial charge in [-0.05, 0) is 43.9 Å². The van der Waals surface area contributed by atoms with Crippen molar-refractivity contribution in [1.29, 1.82) is 0 Å². The predicted molar refractivity (Wildman–Crippen MR) is 92.9 cm³/mol. The maximum atomic E-state index is 12.8. The Labute approximate surface area is 150 Å². The minimum Gasteiger partial charge on any atom is -0.496 e. The fourth-order valence-electron chi connectivity index (χ4n) is 3.82. The first-order valence-corrected chi connectivity index (χ1v) is 9.12. The number of likely N-dealkylation sites (tertiary alicyclic amines) is 1. The molecule has 130 valence electrons. The topological polar surface area (TPSA) is 66.8 Å². The summed E-state index contributed by atoms with van der Waals surface area (Å²) >= 11 is 3.48. The highest BCUT2D eigenvalue weighted by Gasteiger charge is 2.47. The minimum absolute atomic E-state index is 0.0455. The first-order valence-electron chi connectivity index (χ1n) is 8.33. The molecule has 1 aliphatic heterocycles. The molecule has 6 heteroatoms. The molecule has 1 aromatic carbocycles. The van der Waals surface area contributed by atoms with E-state index in [1.807, 2.05) is 23.1 Å². The summed E-state index contributed by atoms with van der Waals surface area (Å²) in [6.45, 7) is 0.675. The second-order valence-electron chi connectivity index (χ2n) is 6.75. The van der Waals surface area contributed by atoms with Crippen LogP contribution in [0.25, 0.3) is 0 Å². The van der Waals surface area contributed by atoms with Gasteiger partial charge in [0.1, 0.15) is 5.75 Å². The number of rotatable bonds is 5. The molecule has 1 saturated carbocycles. The summed E-state index contributed by atoms with van der Waals surface area (Å²) in [7, 11) is 1.63. The smallest absolute Gasteiger partial charge is 0.310 e. The number of hydrogen-bond donors (Lipinski definition) is 1. The lowest BCUT2D eigenvalue weighted by Gasteiger charge is -2.39. The van der Waals surface area contributed by atoms with Gasteiger partial charge in [-0.2, -0.15) is 0 Å². The van der Waals surface area contributed by atoms with Crippen molar-refractivity contribution in [2.24, 2.45) is 5.41 Å². The van der Waals surface area contributed by atoms with Gasteiger partial charge < -0.3 is 14.7 Å². The van der Waals surface area contributed by atoms with Gasteiger partial charge in [0.05, 0.1) is 18.6 Å². The number of benzene rings is 1. The maximum absolute atomic E-state index is 12.8. The molecule has 1 amide bonds. The largest absolute Gasteiger partial charge is 0.496 e. The summed E-state index contributed by atoms with van der Waals surface area (Å²) < 4.78 is 6.40. The Kier molecular flexibility index (Phi) is 4.85. The zero-order valence-electron chi connectivity index (χ0n) is 13.8. The Morgan fingerprint density at radius 3 is 2.71 bits per heavy atom. The van der Waals surface area contributed by atoms with Crippen molar-refractivity contribution in [2.75, 3.05) is 13.7 Å². The van der Waals surface area contributed by atoms with Crippen LogP contribution in [0.15, 0.2) is 22.7 Å². The van der Waals surface area contributed by atoms with E-state index in [0.717, 1.165) is 35.0 Å². The monoisotopic (exact) mass is 395 g/mol. The molecule has 1 saturated heterocycles. The zero-order valence-corrected chi connectivity index (χ0v) is 15.3. The van der Waals surface area contributed by atoms with Crippen LogP contribution in [0, 0.1) is 5.41 Å². The van der Waals surface area contributed by atoms with E-state index in [-0.39, 0.29) is 18.4 Å². The van der Waals surface area contributed by atoms with Crippen LogP contribution in [0.2, 0.25) is 0 Å².